The van der Waals surface area contributed by atoms with Crippen LogP contribution in [0.1, 0.15) is 37.3 Å². The Kier molecular flexibility index (Phi) is 4.92. The average Bonchev–Trinajstić information content (AvgIpc) is 3.15. The second kappa shape index (κ2) is 7.03. The molecule has 1 fully saturated rings. The molecule has 1 aromatic heterocycles. The minimum absolute atomic E-state index is 0.176. The van der Waals surface area contributed by atoms with Crippen LogP contribution < -0.4 is 10.6 Å². The van der Waals surface area contributed by atoms with E-state index in [0.29, 0.717) is 10.7 Å². The zero-order chi connectivity index (χ0) is 19.8. The Morgan fingerprint density at radius 2 is 1.96 bits per heavy atom. The van der Waals surface area contributed by atoms with Crippen LogP contribution in [-0.4, -0.2) is 39.5 Å². The van der Waals surface area contributed by atoms with Crippen molar-refractivity contribution in [1.29, 1.82) is 0 Å². The first-order valence-electron chi connectivity index (χ1n) is 8.24. The van der Waals surface area contributed by atoms with Gasteiger partial charge >= 0.3 is 6.03 Å². The molecule has 0 saturated carbocycles. The molecular weight excluding hydrogens is 373 g/mol. The number of rotatable bonds is 5. The van der Waals surface area contributed by atoms with Crippen LogP contribution >= 0.6 is 11.3 Å². The molecule has 3 rings (SSSR count). The summed E-state index contributed by atoms with van der Waals surface area (Å²) in [7, 11) is 0. The molecule has 1 unspecified atom stereocenters. The monoisotopic (exact) mass is 391 g/mol. The van der Waals surface area contributed by atoms with E-state index < -0.39 is 35.7 Å². The molecule has 142 valence electrons. The minimum Gasteiger partial charge on any atom is -0.319 e. The van der Waals surface area contributed by atoms with E-state index in [4.69, 9.17) is 0 Å². The average molecular weight is 391 g/mol. The molecule has 2 aromatic rings. The highest BCUT2D eigenvalue weighted by Gasteiger charge is 2.49. The Labute approximate surface area is 158 Å². The van der Waals surface area contributed by atoms with Gasteiger partial charge in [0.2, 0.25) is 11.0 Å². The molecule has 27 heavy (non-hydrogen) atoms. The van der Waals surface area contributed by atoms with E-state index in [-0.39, 0.29) is 5.92 Å². The van der Waals surface area contributed by atoms with Crippen molar-refractivity contribution in [2.75, 3.05) is 11.9 Å². The lowest BCUT2D eigenvalue weighted by Crippen LogP contribution is -2.42. The van der Waals surface area contributed by atoms with Gasteiger partial charge in [-0.3, -0.25) is 19.8 Å². The summed E-state index contributed by atoms with van der Waals surface area (Å²) >= 11 is 1.23. The van der Waals surface area contributed by atoms with Gasteiger partial charge in [0, 0.05) is 5.92 Å². The number of urea groups is 1. The van der Waals surface area contributed by atoms with Crippen molar-refractivity contribution in [1.82, 2.24) is 20.4 Å². The molecule has 0 bridgehead atoms. The fraction of sp³-hybridized carbons (Fsp3) is 0.353. The summed E-state index contributed by atoms with van der Waals surface area (Å²) in [6, 6.07) is 4.56. The van der Waals surface area contributed by atoms with Crippen molar-refractivity contribution in [3.05, 3.63) is 40.7 Å². The third kappa shape index (κ3) is 3.65. The predicted octanol–water partition coefficient (Wildman–Crippen LogP) is 2.21. The van der Waals surface area contributed by atoms with E-state index in [1.807, 2.05) is 13.8 Å². The van der Waals surface area contributed by atoms with Gasteiger partial charge in [0.1, 0.15) is 22.9 Å². The van der Waals surface area contributed by atoms with Crippen molar-refractivity contribution < 1.29 is 18.8 Å². The van der Waals surface area contributed by atoms with Crippen LogP contribution in [0, 0.1) is 5.82 Å². The van der Waals surface area contributed by atoms with E-state index in [0.717, 1.165) is 9.91 Å². The van der Waals surface area contributed by atoms with E-state index in [9.17, 15) is 18.8 Å². The van der Waals surface area contributed by atoms with Gasteiger partial charge in [0.15, 0.2) is 0 Å². The molecule has 10 heteroatoms. The number of hydrogen-bond acceptors (Lipinski definition) is 6. The van der Waals surface area contributed by atoms with Gasteiger partial charge in [-0.15, -0.1) is 10.2 Å². The zero-order valence-electron chi connectivity index (χ0n) is 14.9. The van der Waals surface area contributed by atoms with E-state index in [1.165, 1.54) is 42.5 Å². The summed E-state index contributed by atoms with van der Waals surface area (Å²) in [6.07, 6.45) is 0. The van der Waals surface area contributed by atoms with Gasteiger partial charge in [0.05, 0.1) is 0 Å². The molecule has 0 spiro atoms. The third-order valence-corrected chi connectivity index (χ3v) is 5.32. The number of amides is 4. The molecule has 0 radical (unpaired) electrons. The molecule has 2 heterocycles. The summed E-state index contributed by atoms with van der Waals surface area (Å²) in [4.78, 5) is 38.0. The number of benzene rings is 1. The highest BCUT2D eigenvalue weighted by atomic mass is 32.1. The van der Waals surface area contributed by atoms with Gasteiger partial charge in [-0.1, -0.05) is 37.3 Å². The molecule has 0 aliphatic carbocycles. The Morgan fingerprint density at radius 1 is 1.30 bits per heavy atom. The van der Waals surface area contributed by atoms with Crippen LogP contribution in [0.2, 0.25) is 0 Å². The van der Waals surface area contributed by atoms with Crippen LogP contribution in [0.3, 0.4) is 0 Å². The van der Waals surface area contributed by atoms with E-state index >= 15 is 0 Å². The van der Waals surface area contributed by atoms with Crippen LogP contribution in [-0.2, 0) is 15.1 Å². The first kappa shape index (κ1) is 18.9. The number of carbonyl (C=O) groups is 3. The maximum atomic E-state index is 13.1. The summed E-state index contributed by atoms with van der Waals surface area (Å²) in [5, 5.41) is 14.0. The fourth-order valence-electron chi connectivity index (χ4n) is 2.64. The van der Waals surface area contributed by atoms with Gasteiger partial charge in [-0.25, -0.2) is 9.18 Å². The van der Waals surface area contributed by atoms with Gasteiger partial charge < -0.3 is 5.32 Å². The summed E-state index contributed by atoms with van der Waals surface area (Å²) in [6.45, 7) is 4.96. The largest absolute Gasteiger partial charge is 0.325 e. The number of nitrogens with zero attached hydrogens (tertiary/aromatic N) is 3. The summed E-state index contributed by atoms with van der Waals surface area (Å²) in [5.74, 6) is -1.42. The van der Waals surface area contributed by atoms with Gasteiger partial charge in [0.25, 0.3) is 5.91 Å². The topological polar surface area (TPSA) is 104 Å². The SMILES string of the molecule is CC(C)c1nnc(NC(=O)CN2C(=O)NC(C)(c3ccc(F)cc3)C2=O)s1. The first-order chi connectivity index (χ1) is 12.7. The lowest BCUT2D eigenvalue weighted by atomic mass is 9.92. The second-order valence-corrected chi connectivity index (χ2v) is 7.61. The highest BCUT2D eigenvalue weighted by Crippen LogP contribution is 2.29. The first-order valence-corrected chi connectivity index (χ1v) is 9.06. The third-order valence-electron chi connectivity index (χ3n) is 4.18. The molecule has 1 saturated heterocycles. The lowest BCUT2D eigenvalue weighted by molar-refractivity contribution is -0.133. The van der Waals surface area contributed by atoms with Crippen LogP contribution in [0.15, 0.2) is 24.3 Å². The number of aromatic nitrogens is 2. The van der Waals surface area contributed by atoms with Crippen molar-refractivity contribution in [3.63, 3.8) is 0 Å². The zero-order valence-corrected chi connectivity index (χ0v) is 15.8. The molecule has 1 aliphatic heterocycles. The standard InChI is InChI=1S/C17H18FN5O3S/c1-9(2)13-21-22-15(27-13)19-12(24)8-23-14(25)17(3,20-16(23)26)10-4-6-11(18)7-5-10/h4-7,9H,8H2,1-3H3,(H,20,26)(H,19,22,24). The van der Waals surface area contributed by atoms with Crippen molar-refractivity contribution in [2.24, 2.45) is 0 Å². The molecule has 8 nitrogen and oxygen atoms in total. The van der Waals surface area contributed by atoms with E-state index in [2.05, 4.69) is 20.8 Å². The number of hydrogen-bond donors (Lipinski definition) is 2. The maximum Gasteiger partial charge on any atom is 0.325 e. The predicted molar refractivity (Wildman–Crippen MR) is 96.6 cm³/mol. The normalized spacial score (nSPS) is 19.5. The lowest BCUT2D eigenvalue weighted by Gasteiger charge is -2.22. The number of halogens is 1. The van der Waals surface area contributed by atoms with Gasteiger partial charge in [-0.05, 0) is 24.6 Å². The maximum absolute atomic E-state index is 13.1. The van der Waals surface area contributed by atoms with Crippen LogP contribution in [0.5, 0.6) is 0 Å². The number of imide groups is 1. The molecule has 4 amide bonds. The fourth-order valence-corrected chi connectivity index (χ4v) is 3.40. The Hall–Kier alpha value is -2.88. The Morgan fingerprint density at radius 3 is 2.56 bits per heavy atom. The second-order valence-electron chi connectivity index (χ2n) is 6.60. The summed E-state index contributed by atoms with van der Waals surface area (Å²) in [5.41, 5.74) is -0.936. The number of anilines is 1. The molecule has 1 aliphatic rings. The van der Waals surface area contributed by atoms with Crippen molar-refractivity contribution in [2.45, 2.75) is 32.2 Å². The number of carbonyl (C=O) groups excluding carboxylic acids is 3. The minimum atomic E-state index is -1.36. The molecule has 2 N–H and O–H groups in total. The van der Waals surface area contributed by atoms with Crippen LogP contribution in [0.4, 0.5) is 14.3 Å². The summed E-state index contributed by atoms with van der Waals surface area (Å²) < 4.78 is 13.1. The molecule has 1 aromatic carbocycles. The Bertz CT molecular complexity index is 898. The van der Waals surface area contributed by atoms with Crippen molar-refractivity contribution in [3.8, 4) is 0 Å². The van der Waals surface area contributed by atoms with E-state index in [1.54, 1.807) is 0 Å². The van der Waals surface area contributed by atoms with Crippen LogP contribution in [0.25, 0.3) is 0 Å². The molecule has 1 atom stereocenters. The Balaban J connectivity index is 1.71. The molecular formula is C17H18FN5O3S. The number of nitrogens with one attached hydrogen (secondary N) is 2. The quantitative estimate of drug-likeness (QED) is 0.761. The van der Waals surface area contributed by atoms with Gasteiger partial charge in [-0.2, -0.15) is 0 Å². The smallest absolute Gasteiger partial charge is 0.319 e. The highest BCUT2D eigenvalue weighted by molar-refractivity contribution is 7.15. The van der Waals surface area contributed by atoms with Crippen molar-refractivity contribution >= 4 is 34.3 Å².